The van der Waals surface area contributed by atoms with Gasteiger partial charge in [0.2, 0.25) is 0 Å². The van der Waals surface area contributed by atoms with Crippen LogP contribution in [0.3, 0.4) is 0 Å². The maximum absolute atomic E-state index is 12.8. The van der Waals surface area contributed by atoms with Crippen LogP contribution in [0.2, 0.25) is 0 Å². The third-order valence-electron chi connectivity index (χ3n) is 4.04. The summed E-state index contributed by atoms with van der Waals surface area (Å²) in [7, 11) is 0. The van der Waals surface area contributed by atoms with Gasteiger partial charge in [0.05, 0.1) is 19.3 Å². The molecule has 0 bridgehead atoms. The average Bonchev–Trinajstić information content (AvgIpc) is 2.80. The zero-order valence-corrected chi connectivity index (χ0v) is 12.4. The number of quaternary nitrogens is 1. The zero-order chi connectivity index (χ0) is 19.0. The summed E-state index contributed by atoms with van der Waals surface area (Å²) in [6.45, 7) is 0.551. The molecule has 0 unspecified atom stereocenters. The van der Waals surface area contributed by atoms with E-state index in [9.17, 15) is 44.6 Å². The Bertz CT molecular complexity index is 388. The number of hydrogen-bond acceptors (Lipinski definition) is 2. The molecule has 1 saturated heterocycles. The quantitative estimate of drug-likeness (QED) is 0.722. The highest BCUT2D eigenvalue weighted by Crippen LogP contribution is 2.55. The van der Waals surface area contributed by atoms with Crippen LogP contribution in [0.4, 0.5) is 39.5 Å². The van der Waals surface area contributed by atoms with Gasteiger partial charge in [-0.2, -0.15) is 39.5 Å². The van der Waals surface area contributed by atoms with Crippen molar-refractivity contribution in [2.75, 3.05) is 13.2 Å². The van der Waals surface area contributed by atoms with Crippen molar-refractivity contribution in [2.45, 2.75) is 62.0 Å². The third-order valence-corrected chi connectivity index (χ3v) is 4.04. The average molecular weight is 378 g/mol. The molecular formula is C12H17F9NO2+. The Kier molecular flexibility index (Phi) is 5.79. The number of aliphatic hydroxyl groups excluding tert-OH is 1. The lowest BCUT2D eigenvalue weighted by Gasteiger charge is -2.40. The summed E-state index contributed by atoms with van der Waals surface area (Å²) in [6, 6.07) is 0. The highest BCUT2D eigenvalue weighted by molar-refractivity contribution is 5.03. The van der Waals surface area contributed by atoms with Gasteiger partial charge in [0, 0.05) is 19.3 Å². The minimum Gasteiger partial charge on any atom is -0.390 e. The summed E-state index contributed by atoms with van der Waals surface area (Å²) in [6.07, 6.45) is -22.1. The van der Waals surface area contributed by atoms with Crippen molar-refractivity contribution in [1.29, 1.82) is 0 Å². The lowest BCUT2D eigenvalue weighted by atomic mass is 9.91. The Hall–Kier alpha value is -0.750. The van der Waals surface area contributed by atoms with E-state index in [1.807, 2.05) is 0 Å². The molecule has 1 aliphatic rings. The fourth-order valence-electron chi connectivity index (χ4n) is 2.96. The van der Waals surface area contributed by atoms with Crippen molar-refractivity contribution in [3.8, 4) is 0 Å². The Morgan fingerprint density at radius 2 is 1.46 bits per heavy atom. The molecular weight excluding hydrogens is 361 g/mol. The van der Waals surface area contributed by atoms with Crippen LogP contribution in [0.25, 0.3) is 0 Å². The van der Waals surface area contributed by atoms with Gasteiger partial charge in [0.25, 0.3) is 0 Å². The minimum absolute atomic E-state index is 0.244. The zero-order valence-electron chi connectivity index (χ0n) is 12.4. The first kappa shape index (κ1) is 21.3. The lowest BCUT2D eigenvalue weighted by molar-refractivity contribution is -0.712. The SMILES string of the molecule is C[C@@H](C[C@@]1(CO)CCC[NH2+]1)OC(C(F)(F)F)(C(F)(F)F)C(F)(F)F. The molecule has 0 aliphatic carbocycles. The molecule has 144 valence electrons. The van der Waals surface area contributed by atoms with Crippen molar-refractivity contribution < 1.29 is 54.7 Å². The van der Waals surface area contributed by atoms with Crippen LogP contribution in [0.5, 0.6) is 0 Å². The predicted octanol–water partition coefficient (Wildman–Crippen LogP) is 2.30. The Morgan fingerprint density at radius 3 is 1.75 bits per heavy atom. The van der Waals surface area contributed by atoms with Gasteiger partial charge in [-0.15, -0.1) is 0 Å². The molecule has 12 heteroatoms. The van der Waals surface area contributed by atoms with E-state index in [1.54, 1.807) is 0 Å². The fraction of sp³-hybridized carbons (Fsp3) is 1.00. The maximum Gasteiger partial charge on any atom is 0.435 e. The Morgan fingerprint density at radius 1 is 1.00 bits per heavy atom. The van der Waals surface area contributed by atoms with Crippen molar-refractivity contribution in [3.63, 3.8) is 0 Å². The molecule has 1 aliphatic heterocycles. The number of alkyl halides is 9. The van der Waals surface area contributed by atoms with Gasteiger partial charge in [0.15, 0.2) is 0 Å². The van der Waals surface area contributed by atoms with Crippen molar-refractivity contribution in [1.82, 2.24) is 0 Å². The summed E-state index contributed by atoms with van der Waals surface area (Å²) in [5.41, 5.74) is -7.42. The molecule has 3 nitrogen and oxygen atoms in total. The molecule has 1 rings (SSSR count). The highest BCUT2D eigenvalue weighted by Gasteiger charge is 2.85. The van der Waals surface area contributed by atoms with E-state index in [0.717, 1.165) is 0 Å². The van der Waals surface area contributed by atoms with Gasteiger partial charge in [-0.05, 0) is 6.92 Å². The maximum atomic E-state index is 12.8. The Balaban J connectivity index is 3.18. The van der Waals surface area contributed by atoms with E-state index in [1.165, 1.54) is 5.32 Å². The smallest absolute Gasteiger partial charge is 0.390 e. The molecule has 2 atom stereocenters. The number of nitrogens with two attached hydrogens (primary N) is 1. The Labute approximate surface area is 131 Å². The first-order chi connectivity index (χ1) is 10.6. The fourth-order valence-corrected chi connectivity index (χ4v) is 2.96. The molecule has 0 aromatic heterocycles. The first-order valence-corrected chi connectivity index (χ1v) is 6.95. The van der Waals surface area contributed by atoms with E-state index in [-0.39, 0.29) is 6.42 Å². The second-order valence-corrected chi connectivity index (χ2v) is 5.92. The predicted molar refractivity (Wildman–Crippen MR) is 61.9 cm³/mol. The van der Waals surface area contributed by atoms with E-state index < -0.39 is 48.8 Å². The highest BCUT2D eigenvalue weighted by atomic mass is 19.4. The van der Waals surface area contributed by atoms with E-state index in [0.29, 0.717) is 19.9 Å². The minimum atomic E-state index is -6.75. The molecule has 1 fully saturated rings. The standard InChI is InChI=1S/C12H16F9NO2/c1-7(5-8(6-23)3-2-4-22-8)24-9(10(13,14)15,11(16,17)18)12(19,20)21/h7,22-23H,2-6H2,1H3/p+1/t7-,8+/m0/s1. The van der Waals surface area contributed by atoms with Crippen LogP contribution < -0.4 is 5.32 Å². The topological polar surface area (TPSA) is 46.1 Å². The van der Waals surface area contributed by atoms with Crippen LogP contribution in [-0.4, -0.2) is 54.0 Å². The van der Waals surface area contributed by atoms with Gasteiger partial charge < -0.3 is 15.2 Å². The van der Waals surface area contributed by atoms with Gasteiger partial charge >= 0.3 is 24.1 Å². The monoisotopic (exact) mass is 378 g/mol. The van der Waals surface area contributed by atoms with Crippen molar-refractivity contribution >= 4 is 0 Å². The number of hydrogen-bond donors (Lipinski definition) is 2. The second kappa shape index (κ2) is 6.52. The van der Waals surface area contributed by atoms with Crippen molar-refractivity contribution in [2.24, 2.45) is 0 Å². The number of aliphatic hydroxyl groups is 1. The summed E-state index contributed by atoms with van der Waals surface area (Å²) in [4.78, 5) is 0. The molecule has 0 spiro atoms. The molecule has 0 aromatic carbocycles. The van der Waals surface area contributed by atoms with E-state index in [2.05, 4.69) is 4.74 Å². The normalized spacial score (nSPS) is 25.1. The molecule has 0 radical (unpaired) electrons. The third kappa shape index (κ3) is 3.74. The van der Waals surface area contributed by atoms with Crippen LogP contribution in [0.1, 0.15) is 26.2 Å². The van der Waals surface area contributed by atoms with Gasteiger partial charge in [-0.1, -0.05) is 0 Å². The van der Waals surface area contributed by atoms with Crippen molar-refractivity contribution in [3.05, 3.63) is 0 Å². The number of ether oxygens (including phenoxy) is 1. The largest absolute Gasteiger partial charge is 0.435 e. The summed E-state index contributed by atoms with van der Waals surface area (Å²) < 4.78 is 119. The first-order valence-electron chi connectivity index (χ1n) is 6.95. The van der Waals surface area contributed by atoms with E-state index in [4.69, 9.17) is 0 Å². The van der Waals surface area contributed by atoms with Crippen LogP contribution >= 0.6 is 0 Å². The summed E-state index contributed by atoms with van der Waals surface area (Å²) in [5.74, 6) is 0. The summed E-state index contributed by atoms with van der Waals surface area (Å²) in [5, 5.41) is 10.8. The molecule has 1 heterocycles. The molecule has 0 aromatic rings. The second-order valence-electron chi connectivity index (χ2n) is 5.92. The van der Waals surface area contributed by atoms with Gasteiger partial charge in [-0.3, -0.25) is 0 Å². The van der Waals surface area contributed by atoms with Crippen LogP contribution in [0.15, 0.2) is 0 Å². The van der Waals surface area contributed by atoms with Crippen LogP contribution in [-0.2, 0) is 4.74 Å². The van der Waals surface area contributed by atoms with Crippen LogP contribution in [0, 0.1) is 0 Å². The van der Waals surface area contributed by atoms with Gasteiger partial charge in [0.1, 0.15) is 5.54 Å². The molecule has 24 heavy (non-hydrogen) atoms. The number of halogens is 9. The van der Waals surface area contributed by atoms with E-state index >= 15 is 0 Å². The molecule has 0 saturated carbocycles. The summed E-state index contributed by atoms with van der Waals surface area (Å²) >= 11 is 0. The molecule has 0 amide bonds. The number of rotatable bonds is 5. The molecule has 3 N–H and O–H groups in total. The van der Waals surface area contributed by atoms with Gasteiger partial charge in [-0.25, -0.2) is 0 Å². The lowest BCUT2D eigenvalue weighted by Crippen LogP contribution is -2.95.